The zero-order valence-corrected chi connectivity index (χ0v) is 16.7. The summed E-state index contributed by atoms with van der Waals surface area (Å²) in [7, 11) is 0. The Morgan fingerprint density at radius 1 is 1.07 bits per heavy atom. The zero-order chi connectivity index (χ0) is 19.6. The summed E-state index contributed by atoms with van der Waals surface area (Å²) in [6, 6.07) is 17.9. The number of benzene rings is 2. The maximum absolute atomic E-state index is 13.0. The monoisotopic (exact) mass is 378 g/mol. The van der Waals surface area contributed by atoms with Crippen LogP contribution in [-0.2, 0) is 11.3 Å². The molecule has 1 spiro atoms. The minimum atomic E-state index is -0.00693. The number of aromatic hydroxyl groups is 1. The molecule has 2 aromatic carbocycles. The number of carbonyl (C=O) groups is 1. The Bertz CT molecular complexity index is 812. The highest BCUT2D eigenvalue weighted by Crippen LogP contribution is 2.45. The maximum atomic E-state index is 13.0. The lowest BCUT2D eigenvalue weighted by Gasteiger charge is -2.50. The molecule has 4 rings (SSSR count). The van der Waals surface area contributed by atoms with E-state index in [-0.39, 0.29) is 11.3 Å². The first-order chi connectivity index (χ1) is 13.6. The second-order valence-corrected chi connectivity index (χ2v) is 8.47. The number of phenols is 1. The number of hydrogen-bond donors (Lipinski definition) is 1. The molecule has 2 saturated heterocycles. The van der Waals surface area contributed by atoms with Gasteiger partial charge in [-0.2, -0.15) is 0 Å². The number of nitrogens with zero attached hydrogens (tertiary/aromatic N) is 2. The second-order valence-electron chi connectivity index (χ2n) is 8.47. The van der Waals surface area contributed by atoms with Crippen LogP contribution in [0.3, 0.4) is 0 Å². The molecule has 0 aromatic heterocycles. The molecule has 2 aliphatic heterocycles. The molecule has 0 bridgehead atoms. The van der Waals surface area contributed by atoms with Gasteiger partial charge in [0, 0.05) is 19.6 Å². The Balaban J connectivity index is 1.46. The molecule has 4 heteroatoms. The van der Waals surface area contributed by atoms with E-state index in [1.165, 1.54) is 0 Å². The van der Waals surface area contributed by atoms with Gasteiger partial charge in [-0.1, -0.05) is 42.5 Å². The van der Waals surface area contributed by atoms with Crippen LogP contribution in [0.2, 0.25) is 0 Å². The molecule has 2 heterocycles. The van der Waals surface area contributed by atoms with Crippen molar-refractivity contribution in [2.75, 3.05) is 26.2 Å². The van der Waals surface area contributed by atoms with E-state index in [4.69, 9.17) is 0 Å². The van der Waals surface area contributed by atoms with E-state index in [2.05, 4.69) is 34.9 Å². The normalized spacial score (nSPS) is 22.5. The number of likely N-dealkylation sites (tertiary alicyclic amines) is 2. The summed E-state index contributed by atoms with van der Waals surface area (Å²) in [5, 5.41) is 9.70. The van der Waals surface area contributed by atoms with Crippen molar-refractivity contribution in [1.29, 1.82) is 0 Å². The smallest absolute Gasteiger partial charge is 0.230 e. The lowest BCUT2D eigenvalue weighted by Crippen LogP contribution is -2.53. The lowest BCUT2D eigenvalue weighted by molar-refractivity contribution is -0.141. The minimum Gasteiger partial charge on any atom is -0.508 e. The van der Waals surface area contributed by atoms with E-state index in [9.17, 15) is 9.90 Å². The number of phenolic OH excluding ortho intramolecular Hbond substituents is 1. The Morgan fingerprint density at radius 3 is 2.50 bits per heavy atom. The van der Waals surface area contributed by atoms with Crippen LogP contribution in [0.1, 0.15) is 43.2 Å². The number of amides is 1. The molecular formula is C24H30N2O2. The summed E-state index contributed by atoms with van der Waals surface area (Å²) in [5.41, 5.74) is 2.54. The fourth-order valence-corrected chi connectivity index (χ4v) is 4.96. The first kappa shape index (κ1) is 19.0. The largest absolute Gasteiger partial charge is 0.508 e. The number of piperidine rings is 2. The van der Waals surface area contributed by atoms with Crippen molar-refractivity contribution >= 4 is 5.91 Å². The van der Waals surface area contributed by atoms with Crippen molar-refractivity contribution < 1.29 is 9.90 Å². The summed E-state index contributed by atoms with van der Waals surface area (Å²) in [4.78, 5) is 17.6. The van der Waals surface area contributed by atoms with Gasteiger partial charge in [-0.05, 0) is 68.0 Å². The Labute approximate surface area is 167 Å². The third-order valence-corrected chi connectivity index (χ3v) is 6.59. The number of hydrogen-bond acceptors (Lipinski definition) is 3. The average Bonchev–Trinajstić information content (AvgIpc) is 2.72. The third-order valence-electron chi connectivity index (χ3n) is 6.59. The molecule has 1 N–H and O–H groups in total. The third kappa shape index (κ3) is 3.93. The van der Waals surface area contributed by atoms with Gasteiger partial charge in [-0.25, -0.2) is 0 Å². The van der Waals surface area contributed by atoms with Gasteiger partial charge in [-0.15, -0.1) is 0 Å². The zero-order valence-electron chi connectivity index (χ0n) is 16.7. The predicted molar refractivity (Wildman–Crippen MR) is 111 cm³/mol. The molecule has 2 aromatic rings. The number of carbonyl (C=O) groups excluding carboxylic acids is 1. The van der Waals surface area contributed by atoms with Crippen LogP contribution in [-0.4, -0.2) is 47.0 Å². The summed E-state index contributed by atoms with van der Waals surface area (Å²) < 4.78 is 0. The molecule has 148 valence electrons. The van der Waals surface area contributed by atoms with Crippen LogP contribution in [0.5, 0.6) is 5.75 Å². The van der Waals surface area contributed by atoms with E-state index in [1.807, 2.05) is 30.3 Å². The molecule has 1 amide bonds. The van der Waals surface area contributed by atoms with Crippen LogP contribution in [0, 0.1) is 5.41 Å². The van der Waals surface area contributed by atoms with E-state index >= 15 is 0 Å². The van der Waals surface area contributed by atoms with Crippen LogP contribution < -0.4 is 0 Å². The predicted octanol–water partition coefficient (Wildman–Crippen LogP) is 4.01. The van der Waals surface area contributed by atoms with Crippen LogP contribution in [0.25, 0.3) is 0 Å². The first-order valence-corrected chi connectivity index (χ1v) is 10.4. The summed E-state index contributed by atoms with van der Waals surface area (Å²) in [6.07, 6.45) is 3.21. The second kappa shape index (κ2) is 7.96. The summed E-state index contributed by atoms with van der Waals surface area (Å²) >= 11 is 0. The molecule has 1 atom stereocenters. The van der Waals surface area contributed by atoms with Gasteiger partial charge in [0.2, 0.25) is 5.91 Å². The molecule has 28 heavy (non-hydrogen) atoms. The van der Waals surface area contributed by atoms with E-state index < -0.39 is 0 Å². The molecule has 0 radical (unpaired) electrons. The van der Waals surface area contributed by atoms with Crippen molar-refractivity contribution in [3.05, 3.63) is 65.7 Å². The van der Waals surface area contributed by atoms with Gasteiger partial charge in [-0.3, -0.25) is 9.69 Å². The highest BCUT2D eigenvalue weighted by atomic mass is 16.3. The molecule has 4 nitrogen and oxygen atoms in total. The average molecular weight is 379 g/mol. The maximum Gasteiger partial charge on any atom is 0.230 e. The van der Waals surface area contributed by atoms with Gasteiger partial charge < -0.3 is 10.0 Å². The fraction of sp³-hybridized carbons (Fsp3) is 0.458. The molecule has 0 aliphatic carbocycles. The van der Waals surface area contributed by atoms with Crippen molar-refractivity contribution in [3.63, 3.8) is 0 Å². The number of rotatable bonds is 4. The molecule has 2 aliphatic rings. The minimum absolute atomic E-state index is 0.00693. The van der Waals surface area contributed by atoms with Gasteiger partial charge in [0.15, 0.2) is 0 Å². The fourth-order valence-electron chi connectivity index (χ4n) is 4.96. The van der Waals surface area contributed by atoms with Crippen LogP contribution in [0.15, 0.2) is 54.6 Å². The van der Waals surface area contributed by atoms with Gasteiger partial charge in [0.1, 0.15) is 5.75 Å². The van der Waals surface area contributed by atoms with Crippen molar-refractivity contribution in [1.82, 2.24) is 9.80 Å². The topological polar surface area (TPSA) is 43.8 Å². The Hall–Kier alpha value is -2.33. The number of likely N-dealkylation sites (N-methyl/N-ethyl adjacent to an activating group) is 1. The quantitative estimate of drug-likeness (QED) is 0.874. The SMILES string of the molecule is CCN1CC2(CCN(Cc3cccc(O)c3)CC2)CC(c2ccccc2)C1=O. The lowest BCUT2D eigenvalue weighted by atomic mass is 9.67. The first-order valence-electron chi connectivity index (χ1n) is 10.4. The molecule has 0 saturated carbocycles. The van der Waals surface area contributed by atoms with Gasteiger partial charge in [0.25, 0.3) is 0 Å². The standard InChI is InChI=1S/C24H30N2O2/c1-2-26-18-24(16-22(23(26)28)20-8-4-3-5-9-20)11-13-25(14-12-24)17-19-7-6-10-21(27)15-19/h3-10,15,22,27H,2,11-14,16-18H2,1H3. The Kier molecular flexibility index (Phi) is 5.40. The van der Waals surface area contributed by atoms with Gasteiger partial charge in [0.05, 0.1) is 5.92 Å². The molecular weight excluding hydrogens is 348 g/mol. The van der Waals surface area contributed by atoms with E-state index in [0.717, 1.165) is 63.1 Å². The highest BCUT2D eigenvalue weighted by Gasteiger charge is 2.45. The molecule has 1 unspecified atom stereocenters. The van der Waals surface area contributed by atoms with Crippen molar-refractivity contribution in [2.45, 2.75) is 38.6 Å². The van der Waals surface area contributed by atoms with Crippen molar-refractivity contribution in [2.24, 2.45) is 5.41 Å². The summed E-state index contributed by atoms with van der Waals surface area (Å²) in [5.74, 6) is 0.620. The van der Waals surface area contributed by atoms with E-state index in [0.29, 0.717) is 11.7 Å². The van der Waals surface area contributed by atoms with Crippen LogP contribution >= 0.6 is 0 Å². The van der Waals surface area contributed by atoms with Crippen LogP contribution in [0.4, 0.5) is 0 Å². The molecule has 2 fully saturated rings. The highest BCUT2D eigenvalue weighted by molar-refractivity contribution is 5.84. The Morgan fingerprint density at radius 2 is 1.82 bits per heavy atom. The van der Waals surface area contributed by atoms with Crippen molar-refractivity contribution in [3.8, 4) is 5.75 Å². The van der Waals surface area contributed by atoms with Gasteiger partial charge >= 0.3 is 0 Å². The van der Waals surface area contributed by atoms with E-state index in [1.54, 1.807) is 6.07 Å². The summed E-state index contributed by atoms with van der Waals surface area (Å²) in [6.45, 7) is 6.74.